The summed E-state index contributed by atoms with van der Waals surface area (Å²) < 4.78 is 23.2. The third-order valence-electron chi connectivity index (χ3n) is 6.24. The Labute approximate surface area is 148 Å². The van der Waals surface area contributed by atoms with Crippen molar-refractivity contribution in [3.05, 3.63) is 0 Å². The van der Waals surface area contributed by atoms with Crippen molar-refractivity contribution in [2.45, 2.75) is 62.2 Å². The molecule has 4 aliphatic carbocycles. The van der Waals surface area contributed by atoms with Crippen LogP contribution in [0, 0.1) is 17.3 Å². The third kappa shape index (κ3) is 3.78. The highest BCUT2D eigenvalue weighted by molar-refractivity contribution is 9.10. The van der Waals surface area contributed by atoms with Crippen molar-refractivity contribution in [1.82, 2.24) is 4.90 Å². The van der Waals surface area contributed by atoms with Gasteiger partial charge >= 0.3 is 0 Å². The van der Waals surface area contributed by atoms with Gasteiger partial charge in [0.05, 0.1) is 5.75 Å². The molecule has 3 atom stereocenters. The fraction of sp³-hybridized carbons (Fsp3) is 0.941. The number of carbonyl (C=O) groups excluding carboxylic acids is 1. The lowest BCUT2D eigenvalue weighted by Crippen LogP contribution is -2.54. The molecule has 0 spiro atoms. The van der Waals surface area contributed by atoms with Gasteiger partial charge in [-0.15, -0.1) is 0 Å². The molecule has 1 amide bonds. The van der Waals surface area contributed by atoms with Crippen molar-refractivity contribution in [2.24, 2.45) is 17.3 Å². The molecule has 4 fully saturated rings. The first-order valence-corrected chi connectivity index (χ1v) is 11.5. The molecule has 0 radical (unpaired) electrons. The van der Waals surface area contributed by atoms with Crippen LogP contribution >= 0.6 is 15.9 Å². The van der Waals surface area contributed by atoms with Gasteiger partial charge in [-0.2, -0.15) is 0 Å². The maximum Gasteiger partial charge on any atom is 0.223 e. The number of hydrogen-bond acceptors (Lipinski definition) is 3. The highest BCUT2D eigenvalue weighted by Crippen LogP contribution is 2.65. The largest absolute Gasteiger partial charge is 0.342 e. The van der Waals surface area contributed by atoms with Gasteiger partial charge in [-0.3, -0.25) is 4.79 Å². The summed E-state index contributed by atoms with van der Waals surface area (Å²) in [6.07, 6.45) is 9.14. The van der Waals surface area contributed by atoms with E-state index < -0.39 is 9.84 Å². The second-order valence-electron chi connectivity index (χ2n) is 8.73. The molecule has 0 heterocycles. The highest BCUT2D eigenvalue weighted by atomic mass is 79.9. The lowest BCUT2D eigenvalue weighted by Gasteiger charge is -2.60. The van der Waals surface area contributed by atoms with E-state index in [0.29, 0.717) is 6.42 Å². The molecule has 23 heavy (non-hydrogen) atoms. The van der Waals surface area contributed by atoms with Gasteiger partial charge in [-0.1, -0.05) is 15.9 Å². The summed E-state index contributed by atoms with van der Waals surface area (Å²) in [7, 11) is -1.31. The molecule has 4 bridgehead atoms. The molecule has 0 aromatic carbocycles. The second-order valence-corrected chi connectivity index (χ2v) is 12.6. The molecule has 3 unspecified atom stereocenters. The number of amides is 1. The fourth-order valence-electron chi connectivity index (χ4n) is 5.78. The molecule has 0 N–H and O–H groups in total. The Bertz CT molecular complexity index is 589. The van der Waals surface area contributed by atoms with Crippen LogP contribution in [0.25, 0.3) is 0 Å². The maximum absolute atomic E-state index is 12.8. The van der Waals surface area contributed by atoms with Gasteiger partial charge < -0.3 is 4.90 Å². The molecule has 0 saturated heterocycles. The van der Waals surface area contributed by atoms with Crippen molar-refractivity contribution < 1.29 is 13.2 Å². The van der Waals surface area contributed by atoms with E-state index in [2.05, 4.69) is 15.9 Å². The molecule has 6 heteroatoms. The minimum atomic E-state index is -3.07. The normalized spacial score (nSPS) is 40.2. The Morgan fingerprint density at radius 2 is 1.83 bits per heavy atom. The van der Waals surface area contributed by atoms with Crippen LogP contribution in [0.1, 0.15) is 51.9 Å². The van der Waals surface area contributed by atoms with Crippen molar-refractivity contribution >= 4 is 31.7 Å². The monoisotopic (exact) mass is 405 g/mol. The van der Waals surface area contributed by atoms with Crippen LogP contribution in [0.3, 0.4) is 0 Å². The first-order chi connectivity index (χ1) is 10.5. The number of sulfone groups is 1. The molecule has 4 aliphatic rings. The molecule has 132 valence electrons. The minimum absolute atomic E-state index is 0.0376. The van der Waals surface area contributed by atoms with E-state index >= 15 is 0 Å². The van der Waals surface area contributed by atoms with Crippen molar-refractivity contribution in [3.8, 4) is 0 Å². The van der Waals surface area contributed by atoms with E-state index in [1.165, 1.54) is 38.4 Å². The Kier molecular flexibility index (Phi) is 4.40. The van der Waals surface area contributed by atoms with Gasteiger partial charge in [0.15, 0.2) is 0 Å². The number of carbonyl (C=O) groups is 1. The van der Waals surface area contributed by atoms with Gasteiger partial charge in [-0.05, 0) is 62.7 Å². The van der Waals surface area contributed by atoms with E-state index in [-0.39, 0.29) is 27.4 Å². The van der Waals surface area contributed by atoms with Crippen LogP contribution in [0.4, 0.5) is 0 Å². The predicted octanol–water partition coefficient (Wildman–Crippen LogP) is 3.00. The Morgan fingerprint density at radius 1 is 1.26 bits per heavy atom. The van der Waals surface area contributed by atoms with E-state index in [4.69, 9.17) is 0 Å². The average Bonchev–Trinajstić information content (AvgIpc) is 2.31. The Hall–Kier alpha value is -0.100. The van der Waals surface area contributed by atoms with Gasteiger partial charge in [0.1, 0.15) is 9.84 Å². The number of nitrogens with zero attached hydrogens (tertiary/aromatic N) is 1. The molecule has 0 aromatic rings. The van der Waals surface area contributed by atoms with Gasteiger partial charge in [0, 0.05) is 30.1 Å². The first-order valence-electron chi connectivity index (χ1n) is 8.62. The van der Waals surface area contributed by atoms with Crippen molar-refractivity contribution in [3.63, 3.8) is 0 Å². The van der Waals surface area contributed by atoms with E-state index in [1.807, 2.05) is 6.92 Å². The molecule has 0 aliphatic heterocycles. The van der Waals surface area contributed by atoms with Crippen molar-refractivity contribution in [1.29, 1.82) is 0 Å². The van der Waals surface area contributed by atoms with Crippen molar-refractivity contribution in [2.75, 3.05) is 19.1 Å². The lowest BCUT2D eigenvalue weighted by molar-refractivity contribution is -0.138. The maximum atomic E-state index is 12.8. The zero-order valence-corrected chi connectivity index (χ0v) is 16.7. The number of rotatable bonds is 5. The predicted molar refractivity (Wildman–Crippen MR) is 95.3 cm³/mol. The summed E-state index contributed by atoms with van der Waals surface area (Å²) in [6.45, 7) is 1.82. The molecular weight excluding hydrogens is 378 g/mol. The summed E-state index contributed by atoms with van der Waals surface area (Å²) in [4.78, 5) is 14.4. The van der Waals surface area contributed by atoms with Gasteiger partial charge in [0.2, 0.25) is 5.91 Å². The van der Waals surface area contributed by atoms with Gasteiger partial charge in [0.25, 0.3) is 0 Å². The molecule has 0 aromatic heterocycles. The molecular formula is C17H28BrNO3S. The van der Waals surface area contributed by atoms with Crippen LogP contribution in [0.5, 0.6) is 0 Å². The summed E-state index contributed by atoms with van der Waals surface area (Å²) in [6, 6.07) is -0.260. The van der Waals surface area contributed by atoms with Crippen LogP contribution < -0.4 is 0 Å². The number of hydrogen-bond donors (Lipinski definition) is 0. The van der Waals surface area contributed by atoms with Crippen LogP contribution in [-0.4, -0.2) is 48.6 Å². The zero-order valence-electron chi connectivity index (χ0n) is 14.3. The quantitative estimate of drug-likeness (QED) is 0.660. The second kappa shape index (κ2) is 5.72. The van der Waals surface area contributed by atoms with Gasteiger partial charge in [-0.25, -0.2) is 8.42 Å². The number of alkyl halides is 1. The highest BCUT2D eigenvalue weighted by Gasteiger charge is 2.57. The SMILES string of the molecule is CC(CS(C)(=O)=O)N(C)C(=O)CC12CC3CC(CC(Br)(C3)C1)C2. The van der Waals surface area contributed by atoms with E-state index in [0.717, 1.165) is 18.3 Å². The molecule has 4 saturated carbocycles. The third-order valence-corrected chi connectivity index (χ3v) is 8.25. The lowest BCUT2D eigenvalue weighted by atomic mass is 9.48. The topological polar surface area (TPSA) is 54.5 Å². The first kappa shape index (κ1) is 17.7. The Balaban J connectivity index is 1.68. The average molecular weight is 406 g/mol. The molecule has 4 nitrogen and oxygen atoms in total. The van der Waals surface area contributed by atoms with Crippen LogP contribution in [0.15, 0.2) is 0 Å². The van der Waals surface area contributed by atoms with Crippen LogP contribution in [-0.2, 0) is 14.6 Å². The summed E-state index contributed by atoms with van der Waals surface area (Å²) >= 11 is 3.98. The summed E-state index contributed by atoms with van der Waals surface area (Å²) in [5.41, 5.74) is 0.143. The standard InChI is InChI=1S/C17H28BrNO3S/c1-12(10-23(3,21)22)19(2)15(20)9-16-5-13-4-14(6-16)8-17(18,7-13)11-16/h12-14H,4-11H2,1-3H3. The Morgan fingerprint density at radius 3 is 2.30 bits per heavy atom. The summed E-state index contributed by atoms with van der Waals surface area (Å²) in [5.74, 6) is 1.68. The van der Waals surface area contributed by atoms with E-state index in [9.17, 15) is 13.2 Å². The molecule has 4 rings (SSSR count). The number of halogens is 1. The van der Waals surface area contributed by atoms with E-state index in [1.54, 1.807) is 11.9 Å². The zero-order chi connectivity index (χ0) is 17.0. The summed E-state index contributed by atoms with van der Waals surface area (Å²) in [5, 5.41) is 0. The smallest absolute Gasteiger partial charge is 0.223 e. The van der Waals surface area contributed by atoms with Crippen LogP contribution in [0.2, 0.25) is 0 Å². The minimum Gasteiger partial charge on any atom is -0.342 e. The fourth-order valence-corrected chi connectivity index (χ4v) is 8.39.